The summed E-state index contributed by atoms with van der Waals surface area (Å²) >= 11 is 0. The summed E-state index contributed by atoms with van der Waals surface area (Å²) in [4.78, 5) is 0. The van der Waals surface area contributed by atoms with Crippen LogP contribution < -0.4 is 0 Å². The minimum Gasteiger partial charge on any atom is -0.112 e. The second-order valence-corrected chi connectivity index (χ2v) is 20.7. The molecule has 0 radical (unpaired) electrons. The third kappa shape index (κ3) is 4.47. The molecule has 270 valence electrons. The van der Waals surface area contributed by atoms with Crippen LogP contribution in [0.15, 0.2) is 170 Å². The summed E-state index contributed by atoms with van der Waals surface area (Å²) in [5.41, 5.74) is 13.4. The van der Waals surface area contributed by atoms with E-state index in [1.54, 1.807) is 0 Å². The fourth-order valence-corrected chi connectivity index (χ4v) is 14.8. The van der Waals surface area contributed by atoms with E-state index in [2.05, 4.69) is 197 Å². The van der Waals surface area contributed by atoms with Crippen molar-refractivity contribution in [2.75, 3.05) is 0 Å². The second kappa shape index (κ2) is 12.1. The van der Waals surface area contributed by atoms with Gasteiger partial charge in [-0.1, -0.05) is 178 Å². The standard InChI is InChI=1S/C55H40P2/c1-55(2)45-26-8-5-16-39(45)52-42(25-13-27-46(52)55)51-37-21-11-19-33(35-23-14-30-49-53(35)40-17-6-9-28-47(40)56(49)3)43(37)32-44-34(20-12-22-38(44)51)36-24-15-31-50-54(36)41-18-7-10-29-48(41)57(50)4/h5-32H,1-4H3. The van der Waals surface area contributed by atoms with Crippen molar-refractivity contribution in [2.45, 2.75) is 19.3 Å². The molecule has 2 unspecified atom stereocenters. The normalized spacial score (nSPS) is 14.0. The summed E-state index contributed by atoms with van der Waals surface area (Å²) < 4.78 is 0. The molecule has 0 nitrogen and oxygen atoms in total. The monoisotopic (exact) mass is 762 g/mol. The Kier molecular flexibility index (Phi) is 7.03. The Morgan fingerprint density at radius 2 is 0.719 bits per heavy atom. The van der Waals surface area contributed by atoms with Gasteiger partial charge in [0.15, 0.2) is 0 Å². The van der Waals surface area contributed by atoms with Crippen LogP contribution in [-0.2, 0) is 18.7 Å². The Morgan fingerprint density at radius 1 is 0.316 bits per heavy atom. The number of fused-ring (bicyclic) bond motifs is 11. The summed E-state index contributed by atoms with van der Waals surface area (Å²) in [6.45, 7) is 9.65. The van der Waals surface area contributed by atoms with Crippen molar-refractivity contribution in [1.82, 2.24) is 0 Å². The number of benzene rings is 9. The number of aryl methyl sites for hydroxylation is 2. The maximum atomic E-state index is 2.55. The summed E-state index contributed by atoms with van der Waals surface area (Å²) in [5.74, 6) is 0. The van der Waals surface area contributed by atoms with Gasteiger partial charge in [-0.3, -0.25) is 0 Å². The lowest BCUT2D eigenvalue weighted by atomic mass is 9.80. The zero-order valence-electron chi connectivity index (χ0n) is 32.6. The molecule has 2 atom stereocenters. The van der Waals surface area contributed by atoms with Gasteiger partial charge in [0.05, 0.1) is 0 Å². The van der Waals surface area contributed by atoms with Gasteiger partial charge in [0.25, 0.3) is 0 Å². The zero-order valence-corrected chi connectivity index (χ0v) is 34.3. The van der Waals surface area contributed by atoms with Crippen molar-refractivity contribution in [2.24, 2.45) is 13.3 Å². The Balaban J connectivity index is 1.26. The molecular weight excluding hydrogens is 723 g/mol. The highest BCUT2D eigenvalue weighted by atomic mass is 31.1. The van der Waals surface area contributed by atoms with Crippen molar-refractivity contribution < 1.29 is 0 Å². The van der Waals surface area contributed by atoms with Gasteiger partial charge in [-0.15, -0.1) is 15.1 Å². The van der Waals surface area contributed by atoms with Gasteiger partial charge in [-0.05, 0) is 107 Å². The van der Waals surface area contributed by atoms with Crippen LogP contribution in [-0.4, -0.2) is 0 Å². The van der Waals surface area contributed by atoms with E-state index in [-0.39, 0.29) is 5.41 Å². The van der Waals surface area contributed by atoms with Gasteiger partial charge in [0, 0.05) is 36.7 Å². The second-order valence-electron chi connectivity index (χ2n) is 16.5. The molecule has 0 amide bonds. The highest BCUT2D eigenvalue weighted by molar-refractivity contribution is 7.60. The molecule has 9 aromatic carbocycles. The fraction of sp³-hybridized carbons (Fsp3) is 0.0909. The summed E-state index contributed by atoms with van der Waals surface area (Å²) in [6, 6.07) is 65.1. The van der Waals surface area contributed by atoms with Crippen molar-refractivity contribution in [1.29, 1.82) is 0 Å². The SMILES string of the molecule is Cp1c2ccccc2c2c(-c3cccc4c(-c5cccc6c5-c5ccccc5C6(C)C)c5cccc(-c6cccc7c6c6ccccc6p7C)c5cc34)cccc21. The Labute approximate surface area is 335 Å². The van der Waals surface area contributed by atoms with Crippen LogP contribution in [0.4, 0.5) is 0 Å². The van der Waals surface area contributed by atoms with Gasteiger partial charge in [-0.25, -0.2) is 0 Å². The van der Waals surface area contributed by atoms with E-state index in [4.69, 9.17) is 0 Å². The molecule has 0 fully saturated rings. The first-order valence-electron chi connectivity index (χ1n) is 20.1. The van der Waals surface area contributed by atoms with Crippen LogP contribution in [0.5, 0.6) is 0 Å². The molecule has 11 aromatic rings. The Hall–Kier alpha value is -5.90. The molecule has 0 aliphatic heterocycles. The van der Waals surface area contributed by atoms with Gasteiger partial charge in [-0.2, -0.15) is 0 Å². The van der Waals surface area contributed by atoms with E-state index in [1.807, 2.05) is 0 Å². The smallest absolute Gasteiger partial charge is 0.0159 e. The van der Waals surface area contributed by atoms with E-state index in [0.29, 0.717) is 0 Å². The summed E-state index contributed by atoms with van der Waals surface area (Å²) in [5, 5.41) is 16.8. The van der Waals surface area contributed by atoms with Crippen LogP contribution in [0, 0.1) is 0 Å². The maximum absolute atomic E-state index is 2.55. The largest absolute Gasteiger partial charge is 0.112 e. The van der Waals surface area contributed by atoms with E-state index < -0.39 is 15.1 Å². The van der Waals surface area contributed by atoms with Gasteiger partial charge in [0.1, 0.15) is 0 Å². The molecule has 0 saturated carbocycles. The quantitative estimate of drug-likeness (QED) is 0.157. The van der Waals surface area contributed by atoms with Crippen molar-refractivity contribution in [3.05, 3.63) is 181 Å². The third-order valence-electron chi connectivity index (χ3n) is 13.4. The molecule has 2 heteroatoms. The average Bonchev–Trinajstić information content (AvgIpc) is 3.81. The minimum atomic E-state index is -0.416. The Morgan fingerprint density at radius 3 is 1.32 bits per heavy atom. The summed E-state index contributed by atoms with van der Waals surface area (Å²) in [7, 11) is -0.832. The van der Waals surface area contributed by atoms with Crippen molar-refractivity contribution >= 4 is 78.6 Å². The van der Waals surface area contributed by atoms with Gasteiger partial charge >= 0.3 is 0 Å². The van der Waals surface area contributed by atoms with E-state index in [0.717, 1.165) is 0 Å². The first-order valence-corrected chi connectivity index (χ1v) is 23.6. The molecular formula is C55H40P2. The lowest BCUT2D eigenvalue weighted by Crippen LogP contribution is -2.14. The van der Waals surface area contributed by atoms with E-state index >= 15 is 0 Å². The number of hydrogen-bond acceptors (Lipinski definition) is 0. The van der Waals surface area contributed by atoms with Crippen molar-refractivity contribution in [3.8, 4) is 44.5 Å². The van der Waals surface area contributed by atoms with Crippen molar-refractivity contribution in [3.63, 3.8) is 0 Å². The van der Waals surface area contributed by atoms with Crippen LogP contribution >= 0.6 is 15.1 Å². The number of hydrogen-bond donors (Lipinski definition) is 0. The number of rotatable bonds is 3. The van der Waals surface area contributed by atoms with Gasteiger partial charge < -0.3 is 0 Å². The highest BCUT2D eigenvalue weighted by Crippen LogP contribution is 2.56. The maximum Gasteiger partial charge on any atom is 0.0159 e. The third-order valence-corrected chi connectivity index (χ3v) is 17.8. The van der Waals surface area contributed by atoms with E-state index in [9.17, 15) is 0 Å². The molecule has 0 bridgehead atoms. The molecule has 57 heavy (non-hydrogen) atoms. The minimum absolute atomic E-state index is 0.0916. The fourth-order valence-electron chi connectivity index (χ4n) is 10.8. The molecule has 1 aliphatic carbocycles. The predicted molar refractivity (Wildman–Crippen MR) is 253 cm³/mol. The molecule has 1 aliphatic rings. The average molecular weight is 763 g/mol. The molecule has 2 aromatic heterocycles. The first-order chi connectivity index (χ1) is 27.9. The molecule has 12 rings (SSSR count). The van der Waals surface area contributed by atoms with Crippen LogP contribution in [0.1, 0.15) is 25.0 Å². The predicted octanol–water partition coefficient (Wildman–Crippen LogP) is 17.0. The highest BCUT2D eigenvalue weighted by Gasteiger charge is 2.37. The van der Waals surface area contributed by atoms with Crippen LogP contribution in [0.2, 0.25) is 0 Å². The topological polar surface area (TPSA) is 0 Å². The molecule has 0 N–H and O–H groups in total. The lowest BCUT2D eigenvalue weighted by molar-refractivity contribution is 0.660. The zero-order chi connectivity index (χ0) is 38.2. The lowest BCUT2D eigenvalue weighted by Gasteiger charge is -2.22. The summed E-state index contributed by atoms with van der Waals surface area (Å²) in [6.07, 6.45) is 0. The molecule has 2 heterocycles. The Bertz CT molecular complexity index is 3340. The molecule has 0 spiro atoms. The van der Waals surface area contributed by atoms with Crippen LogP contribution in [0.25, 0.3) is 108 Å². The van der Waals surface area contributed by atoms with Gasteiger partial charge in [0.2, 0.25) is 0 Å². The van der Waals surface area contributed by atoms with Crippen LogP contribution in [0.3, 0.4) is 0 Å². The molecule has 0 saturated heterocycles. The van der Waals surface area contributed by atoms with E-state index in [1.165, 1.54) is 119 Å². The first kappa shape index (κ1) is 33.3.